The number of halogens is 1. The largest absolute Gasteiger partial charge is 0.481 e. The predicted molar refractivity (Wildman–Crippen MR) is 110 cm³/mol. The van der Waals surface area contributed by atoms with E-state index in [0.29, 0.717) is 16.3 Å². The smallest absolute Gasteiger partial charge is 0.225 e. The molecule has 0 saturated heterocycles. The molecule has 1 heterocycles. The first-order valence-corrected chi connectivity index (χ1v) is 9.87. The molecule has 27 heavy (non-hydrogen) atoms. The molecule has 1 atom stereocenters. The fourth-order valence-corrected chi connectivity index (χ4v) is 3.46. The van der Waals surface area contributed by atoms with Crippen LogP contribution in [0.25, 0.3) is 6.08 Å². The third-order valence-electron chi connectivity index (χ3n) is 4.10. The third kappa shape index (κ3) is 4.16. The van der Waals surface area contributed by atoms with Crippen LogP contribution >= 0.6 is 23.4 Å². The van der Waals surface area contributed by atoms with Crippen LogP contribution in [0.1, 0.15) is 16.7 Å². The van der Waals surface area contributed by atoms with Gasteiger partial charge in [-0.25, -0.2) is 4.98 Å². The average Bonchev–Trinajstić information content (AvgIpc) is 2.72. The third-order valence-corrected chi connectivity index (χ3v) is 4.92. The molecule has 0 aliphatic rings. The van der Waals surface area contributed by atoms with Gasteiger partial charge in [-0.2, -0.15) is 4.98 Å². The molecule has 1 N–H and O–H groups in total. The van der Waals surface area contributed by atoms with Crippen molar-refractivity contribution in [2.45, 2.75) is 10.8 Å². The molecule has 0 saturated carbocycles. The van der Waals surface area contributed by atoms with E-state index in [1.54, 1.807) is 6.08 Å². The molecule has 0 spiro atoms. The molecule has 1 unspecified atom stereocenters. The highest BCUT2D eigenvalue weighted by Gasteiger charge is 2.36. The molecule has 2 aromatic carbocycles. The summed E-state index contributed by atoms with van der Waals surface area (Å²) < 4.78 is 5.45. The standard InChI is InChI=1S/C21H19ClN2O2S/c1-26-19-17(18(22)23-20(24-19)27-2)21(25,16-11-7-4-8-12-16)14-13-15-9-5-3-6-10-15/h3-14,25H,1-2H3/b14-13+. The minimum atomic E-state index is -1.56. The Labute approximate surface area is 167 Å². The lowest BCUT2D eigenvalue weighted by Gasteiger charge is -2.27. The summed E-state index contributed by atoms with van der Waals surface area (Å²) in [6.07, 6.45) is 5.37. The molecule has 0 aliphatic heterocycles. The lowest BCUT2D eigenvalue weighted by Crippen LogP contribution is -2.27. The first-order chi connectivity index (χ1) is 13.1. The molecule has 138 valence electrons. The molecule has 0 radical (unpaired) electrons. The number of methoxy groups -OCH3 is 1. The van der Waals surface area contributed by atoms with E-state index < -0.39 is 5.60 Å². The van der Waals surface area contributed by atoms with Gasteiger partial charge in [-0.3, -0.25) is 0 Å². The van der Waals surface area contributed by atoms with Crippen molar-refractivity contribution in [1.29, 1.82) is 0 Å². The summed E-state index contributed by atoms with van der Waals surface area (Å²) in [6.45, 7) is 0. The fourth-order valence-electron chi connectivity index (χ4n) is 2.75. The molecule has 4 nitrogen and oxygen atoms in total. The number of aliphatic hydroxyl groups is 1. The lowest BCUT2D eigenvalue weighted by atomic mass is 9.86. The van der Waals surface area contributed by atoms with Gasteiger partial charge in [-0.1, -0.05) is 90.1 Å². The van der Waals surface area contributed by atoms with Crippen LogP contribution in [0.15, 0.2) is 71.9 Å². The van der Waals surface area contributed by atoms with Crippen LogP contribution in [0.5, 0.6) is 5.88 Å². The fraction of sp³-hybridized carbons (Fsp3) is 0.143. The predicted octanol–water partition coefficient (Wildman–Crippen LogP) is 4.81. The number of aromatic nitrogens is 2. The Bertz CT molecular complexity index is 936. The molecular formula is C21H19ClN2O2S. The second-order valence-electron chi connectivity index (χ2n) is 5.76. The van der Waals surface area contributed by atoms with Crippen molar-refractivity contribution in [2.24, 2.45) is 0 Å². The van der Waals surface area contributed by atoms with Crippen molar-refractivity contribution >= 4 is 29.4 Å². The monoisotopic (exact) mass is 398 g/mol. The molecule has 0 fully saturated rings. The van der Waals surface area contributed by atoms with E-state index in [1.165, 1.54) is 18.9 Å². The summed E-state index contributed by atoms with van der Waals surface area (Å²) in [6, 6.07) is 19.0. The maximum absolute atomic E-state index is 11.7. The van der Waals surface area contributed by atoms with Crippen LogP contribution < -0.4 is 4.74 Å². The summed E-state index contributed by atoms with van der Waals surface area (Å²) in [4.78, 5) is 8.66. The summed E-state index contributed by atoms with van der Waals surface area (Å²) in [7, 11) is 1.50. The van der Waals surface area contributed by atoms with E-state index in [-0.39, 0.29) is 11.0 Å². The highest BCUT2D eigenvalue weighted by Crippen LogP contribution is 2.40. The minimum absolute atomic E-state index is 0.148. The quantitative estimate of drug-likeness (QED) is 0.367. The van der Waals surface area contributed by atoms with Gasteiger partial charge in [0, 0.05) is 0 Å². The van der Waals surface area contributed by atoms with Gasteiger partial charge in [-0.05, 0) is 23.5 Å². The number of hydrogen-bond acceptors (Lipinski definition) is 5. The van der Waals surface area contributed by atoms with Crippen molar-refractivity contribution in [3.05, 3.63) is 88.6 Å². The Hall–Kier alpha value is -2.34. The number of benzene rings is 2. The van der Waals surface area contributed by atoms with E-state index in [2.05, 4.69) is 9.97 Å². The maximum atomic E-state index is 11.7. The molecule has 0 bridgehead atoms. The Morgan fingerprint density at radius 2 is 1.67 bits per heavy atom. The van der Waals surface area contributed by atoms with E-state index in [9.17, 15) is 5.11 Å². The molecule has 6 heteroatoms. The SMILES string of the molecule is COc1nc(SC)nc(Cl)c1C(O)(/C=C/c1ccccc1)c1ccccc1. The second kappa shape index (κ2) is 8.57. The maximum Gasteiger partial charge on any atom is 0.225 e. The van der Waals surface area contributed by atoms with Gasteiger partial charge >= 0.3 is 0 Å². The first-order valence-electron chi connectivity index (χ1n) is 8.26. The van der Waals surface area contributed by atoms with Crippen molar-refractivity contribution in [3.8, 4) is 5.88 Å². The van der Waals surface area contributed by atoms with Gasteiger partial charge in [0.05, 0.1) is 12.7 Å². The van der Waals surface area contributed by atoms with E-state index in [0.717, 1.165) is 5.56 Å². The number of nitrogens with zero attached hydrogens (tertiary/aromatic N) is 2. The number of hydrogen-bond donors (Lipinski definition) is 1. The van der Waals surface area contributed by atoms with Gasteiger partial charge in [-0.15, -0.1) is 0 Å². The zero-order valence-corrected chi connectivity index (χ0v) is 16.5. The van der Waals surface area contributed by atoms with Crippen molar-refractivity contribution in [2.75, 3.05) is 13.4 Å². The van der Waals surface area contributed by atoms with Gasteiger partial charge in [0.15, 0.2) is 5.16 Å². The number of thioether (sulfide) groups is 1. The highest BCUT2D eigenvalue weighted by molar-refractivity contribution is 7.98. The molecular weight excluding hydrogens is 380 g/mol. The van der Waals surface area contributed by atoms with Crippen LogP contribution in [0.3, 0.4) is 0 Å². The van der Waals surface area contributed by atoms with Crippen molar-refractivity contribution < 1.29 is 9.84 Å². The summed E-state index contributed by atoms with van der Waals surface area (Å²) in [5, 5.41) is 12.4. The second-order valence-corrected chi connectivity index (χ2v) is 6.89. The van der Waals surface area contributed by atoms with Gasteiger partial charge in [0.2, 0.25) is 5.88 Å². The highest BCUT2D eigenvalue weighted by atomic mass is 35.5. The van der Waals surface area contributed by atoms with E-state index in [1.807, 2.05) is 73.0 Å². The molecule has 0 aliphatic carbocycles. The van der Waals surface area contributed by atoms with Crippen LogP contribution in [0.4, 0.5) is 0 Å². The lowest BCUT2D eigenvalue weighted by molar-refractivity contribution is 0.130. The zero-order valence-electron chi connectivity index (χ0n) is 15.0. The van der Waals surface area contributed by atoms with Gasteiger partial charge < -0.3 is 9.84 Å². The minimum Gasteiger partial charge on any atom is -0.481 e. The van der Waals surface area contributed by atoms with E-state index in [4.69, 9.17) is 16.3 Å². The van der Waals surface area contributed by atoms with Crippen LogP contribution in [-0.4, -0.2) is 28.4 Å². The van der Waals surface area contributed by atoms with Crippen molar-refractivity contribution in [3.63, 3.8) is 0 Å². The normalized spacial score (nSPS) is 13.5. The van der Waals surface area contributed by atoms with Gasteiger partial charge in [0.1, 0.15) is 10.8 Å². The molecule has 3 rings (SSSR count). The molecule has 0 amide bonds. The Morgan fingerprint density at radius 3 is 2.26 bits per heavy atom. The topological polar surface area (TPSA) is 55.2 Å². The van der Waals surface area contributed by atoms with E-state index >= 15 is 0 Å². The average molecular weight is 399 g/mol. The Balaban J connectivity index is 2.21. The van der Waals surface area contributed by atoms with Crippen LogP contribution in [0, 0.1) is 0 Å². The van der Waals surface area contributed by atoms with Crippen molar-refractivity contribution in [1.82, 2.24) is 9.97 Å². The zero-order chi connectivity index (χ0) is 19.3. The summed E-state index contributed by atoms with van der Waals surface area (Å²) in [5.74, 6) is 0.239. The number of rotatable bonds is 6. The Morgan fingerprint density at radius 1 is 1.04 bits per heavy atom. The molecule has 1 aromatic heterocycles. The van der Waals surface area contributed by atoms with Crippen LogP contribution in [-0.2, 0) is 5.60 Å². The molecule has 3 aromatic rings. The first kappa shape index (κ1) is 19.4. The van der Waals surface area contributed by atoms with Gasteiger partial charge in [0.25, 0.3) is 0 Å². The summed E-state index contributed by atoms with van der Waals surface area (Å²) in [5.41, 5.74) is 0.334. The Kier molecular flexibility index (Phi) is 6.16. The van der Waals surface area contributed by atoms with Crippen LogP contribution in [0.2, 0.25) is 5.15 Å². The summed E-state index contributed by atoms with van der Waals surface area (Å²) >= 11 is 7.82. The number of ether oxygens (including phenoxy) is 1.